The number of carboxylic acid groups (broad SMARTS) is 1. The van der Waals surface area contributed by atoms with Crippen LogP contribution in [0.3, 0.4) is 0 Å². The van der Waals surface area contributed by atoms with Gasteiger partial charge < -0.3 is 14.7 Å². The Kier molecular flexibility index (Phi) is 4.93. The highest BCUT2D eigenvalue weighted by Crippen LogP contribution is 2.59. The fraction of sp³-hybridized carbons (Fsp3) is 0.636. The van der Waals surface area contributed by atoms with Gasteiger partial charge in [0, 0.05) is 17.5 Å². The van der Waals surface area contributed by atoms with Crippen molar-refractivity contribution in [2.45, 2.75) is 62.0 Å². The van der Waals surface area contributed by atoms with Gasteiger partial charge in [-0.3, -0.25) is 4.79 Å². The highest BCUT2D eigenvalue weighted by Gasteiger charge is 2.55. The predicted molar refractivity (Wildman–Crippen MR) is 110 cm³/mol. The van der Waals surface area contributed by atoms with Gasteiger partial charge in [0.1, 0.15) is 23.7 Å². The summed E-state index contributed by atoms with van der Waals surface area (Å²) in [5, 5.41) is 9.47. The van der Waals surface area contributed by atoms with Gasteiger partial charge in [0.15, 0.2) is 0 Å². The molecule has 1 heterocycles. The number of hydrogen-bond acceptors (Lipinski definition) is 3. The molecule has 3 unspecified atom stereocenters. The number of amides is 1. The Balaban J connectivity index is 1.36. The number of aliphatic carboxylic acids is 1. The van der Waals surface area contributed by atoms with Crippen LogP contribution in [-0.4, -0.2) is 45.4 Å². The number of rotatable bonds is 4. The molecule has 162 valence electrons. The number of likely N-dealkylation sites (tertiary alicyclic amines) is 1. The lowest BCUT2D eigenvalue weighted by atomic mass is 9.54. The summed E-state index contributed by atoms with van der Waals surface area (Å²) in [6, 6.07) is 1.51. The summed E-state index contributed by atoms with van der Waals surface area (Å²) in [7, 11) is 0. The Hall–Kier alpha value is -1.53. The first kappa shape index (κ1) is 20.4. The molecule has 4 saturated carbocycles. The van der Waals surface area contributed by atoms with Crippen LogP contribution >= 0.6 is 23.2 Å². The van der Waals surface area contributed by atoms with E-state index in [-0.39, 0.29) is 33.9 Å². The molecule has 5 fully saturated rings. The average molecular weight is 456 g/mol. The number of nitrogens with zero attached hydrogens (tertiary/aromatic N) is 1. The van der Waals surface area contributed by atoms with E-state index in [2.05, 4.69) is 0 Å². The average Bonchev–Trinajstić information content (AvgIpc) is 3.15. The van der Waals surface area contributed by atoms with Crippen molar-refractivity contribution in [2.75, 3.05) is 6.54 Å². The summed E-state index contributed by atoms with van der Waals surface area (Å²) in [6.07, 6.45) is 5.96. The number of hydrogen-bond donors (Lipinski definition) is 1. The fourth-order valence-corrected chi connectivity index (χ4v) is 7.24. The molecule has 0 spiro atoms. The minimum Gasteiger partial charge on any atom is -0.488 e. The molecule has 1 aromatic carbocycles. The number of ether oxygens (including phenoxy) is 1. The van der Waals surface area contributed by atoms with E-state index in [0.717, 1.165) is 32.1 Å². The molecular formula is C22H24Cl2FNO4. The molecule has 1 aromatic rings. The molecule has 5 aliphatic rings. The first-order chi connectivity index (χ1) is 14.2. The molecule has 6 atom stereocenters. The minimum absolute atomic E-state index is 0.0400. The number of benzene rings is 1. The second-order valence-corrected chi connectivity index (χ2v) is 10.7. The van der Waals surface area contributed by atoms with Gasteiger partial charge >= 0.3 is 5.97 Å². The molecule has 0 aromatic heterocycles. The van der Waals surface area contributed by atoms with E-state index in [1.54, 1.807) is 0 Å². The van der Waals surface area contributed by atoms with E-state index in [0.29, 0.717) is 30.6 Å². The van der Waals surface area contributed by atoms with Crippen LogP contribution in [0.2, 0.25) is 5.02 Å². The fourth-order valence-electron chi connectivity index (χ4n) is 6.42. The van der Waals surface area contributed by atoms with Crippen LogP contribution < -0.4 is 4.74 Å². The summed E-state index contributed by atoms with van der Waals surface area (Å²) < 4.78 is 21.1. The van der Waals surface area contributed by atoms with Crippen LogP contribution in [0.15, 0.2) is 12.1 Å². The van der Waals surface area contributed by atoms with E-state index in [1.165, 1.54) is 17.0 Å². The van der Waals surface area contributed by atoms with Crippen molar-refractivity contribution < 1.29 is 23.8 Å². The van der Waals surface area contributed by atoms with Gasteiger partial charge in [-0.25, -0.2) is 9.18 Å². The van der Waals surface area contributed by atoms with E-state index < -0.39 is 23.7 Å². The van der Waals surface area contributed by atoms with Gasteiger partial charge in [-0.2, -0.15) is 0 Å². The van der Waals surface area contributed by atoms with Crippen molar-refractivity contribution in [1.82, 2.24) is 4.90 Å². The Morgan fingerprint density at radius 3 is 2.53 bits per heavy atom. The standard InChI is InChI=1S/C22H24Cl2FNO4/c23-15-6-14(20(27)26-3-1-2-17(26)21(28)29)16(25)7-18(15)30-19-12-4-11-5-13(19)10-22(24,8-11)9-12/h6-7,11-13,17,19H,1-5,8-10H2,(H,28,29)/t11?,12-,13+,17-,19?,22?/m0/s1. The molecule has 1 N–H and O–H groups in total. The smallest absolute Gasteiger partial charge is 0.326 e. The number of halogens is 3. The summed E-state index contributed by atoms with van der Waals surface area (Å²) in [4.78, 5) is 25.2. The van der Waals surface area contributed by atoms with E-state index in [4.69, 9.17) is 27.9 Å². The first-order valence-electron chi connectivity index (χ1n) is 10.6. The van der Waals surface area contributed by atoms with Crippen molar-refractivity contribution in [2.24, 2.45) is 17.8 Å². The molecule has 4 aliphatic carbocycles. The first-order valence-corrected chi connectivity index (χ1v) is 11.4. The second kappa shape index (κ2) is 7.27. The van der Waals surface area contributed by atoms with Crippen molar-refractivity contribution >= 4 is 35.1 Å². The van der Waals surface area contributed by atoms with Crippen molar-refractivity contribution in [3.8, 4) is 5.75 Å². The highest BCUT2D eigenvalue weighted by atomic mass is 35.5. The lowest BCUT2D eigenvalue weighted by Crippen LogP contribution is -2.56. The molecule has 1 aliphatic heterocycles. The lowest BCUT2D eigenvalue weighted by Gasteiger charge is -2.57. The summed E-state index contributed by atoms with van der Waals surface area (Å²) in [5.41, 5.74) is -0.217. The Labute approximate surface area is 184 Å². The summed E-state index contributed by atoms with van der Waals surface area (Å²) in [5.74, 6) is -0.896. The molecule has 6 rings (SSSR count). The van der Waals surface area contributed by atoms with E-state index >= 15 is 0 Å². The monoisotopic (exact) mass is 455 g/mol. The van der Waals surface area contributed by atoms with Crippen LogP contribution in [0.5, 0.6) is 5.75 Å². The largest absolute Gasteiger partial charge is 0.488 e. The Morgan fingerprint density at radius 1 is 1.20 bits per heavy atom. The molecule has 5 nitrogen and oxygen atoms in total. The maximum absolute atomic E-state index is 14.9. The highest BCUT2D eigenvalue weighted by molar-refractivity contribution is 6.32. The zero-order chi connectivity index (χ0) is 21.2. The summed E-state index contributed by atoms with van der Waals surface area (Å²) in [6.45, 7) is 0.290. The van der Waals surface area contributed by atoms with E-state index in [1.807, 2.05) is 0 Å². The molecule has 0 radical (unpaired) electrons. The maximum Gasteiger partial charge on any atom is 0.326 e. The van der Waals surface area contributed by atoms with Gasteiger partial charge in [-0.15, -0.1) is 11.6 Å². The van der Waals surface area contributed by atoms with E-state index in [9.17, 15) is 19.1 Å². The van der Waals surface area contributed by atoms with Gasteiger partial charge in [0.25, 0.3) is 5.91 Å². The SMILES string of the molecule is O=C(O)[C@@H]1CCCN1C(=O)c1cc(Cl)c(OC2[C@@H]3CC4C[C@H]2CC(Cl)(C4)C3)cc1F. The minimum atomic E-state index is -1.08. The topological polar surface area (TPSA) is 66.8 Å². The van der Waals surface area contributed by atoms with Crippen molar-refractivity contribution in [1.29, 1.82) is 0 Å². The third-order valence-corrected chi connectivity index (χ3v) is 8.18. The van der Waals surface area contributed by atoms with Gasteiger partial charge in [0.2, 0.25) is 0 Å². The third-order valence-electron chi connectivity index (χ3n) is 7.43. The van der Waals surface area contributed by atoms with Gasteiger partial charge in [-0.05, 0) is 68.8 Å². The van der Waals surface area contributed by atoms with Crippen LogP contribution in [0.1, 0.15) is 55.3 Å². The normalized spacial score (nSPS) is 36.9. The van der Waals surface area contributed by atoms with Gasteiger partial charge in [0.05, 0.1) is 10.6 Å². The van der Waals surface area contributed by atoms with Crippen LogP contribution in [-0.2, 0) is 4.79 Å². The number of carbonyl (C=O) groups excluding carboxylic acids is 1. The lowest BCUT2D eigenvalue weighted by molar-refractivity contribution is -0.141. The number of carboxylic acids is 1. The molecule has 8 heteroatoms. The van der Waals surface area contributed by atoms with Crippen molar-refractivity contribution in [3.05, 3.63) is 28.5 Å². The Bertz CT molecular complexity index is 893. The van der Waals surface area contributed by atoms with Crippen molar-refractivity contribution in [3.63, 3.8) is 0 Å². The Morgan fingerprint density at radius 2 is 1.90 bits per heavy atom. The van der Waals surface area contributed by atoms with Gasteiger partial charge in [-0.1, -0.05) is 11.6 Å². The zero-order valence-electron chi connectivity index (χ0n) is 16.5. The quantitative estimate of drug-likeness (QED) is 0.666. The number of alkyl halides is 1. The second-order valence-electron chi connectivity index (χ2n) is 9.46. The molecule has 1 saturated heterocycles. The molecular weight excluding hydrogens is 432 g/mol. The molecule has 4 bridgehead atoms. The third kappa shape index (κ3) is 3.36. The maximum atomic E-state index is 14.9. The number of carbonyl (C=O) groups is 2. The van der Waals surface area contributed by atoms with Crippen LogP contribution in [0, 0.1) is 23.6 Å². The molecule has 30 heavy (non-hydrogen) atoms. The molecule has 1 amide bonds. The zero-order valence-corrected chi connectivity index (χ0v) is 18.0. The van der Waals surface area contributed by atoms with Crippen LogP contribution in [0.25, 0.3) is 0 Å². The predicted octanol–water partition coefficient (Wildman–Crippen LogP) is 4.73. The van der Waals surface area contributed by atoms with Crippen LogP contribution in [0.4, 0.5) is 4.39 Å². The summed E-state index contributed by atoms with van der Waals surface area (Å²) >= 11 is 13.2.